The molecule has 33 heavy (non-hydrogen) atoms. The van der Waals surface area contributed by atoms with E-state index in [0.29, 0.717) is 19.2 Å². The molecule has 2 aromatic rings. The topological polar surface area (TPSA) is 226 Å². The summed E-state index contributed by atoms with van der Waals surface area (Å²) in [6.45, 7) is 0. The fraction of sp³-hybridized carbons (Fsp3) is 0.0667. The molecule has 0 amide bonds. The third kappa shape index (κ3) is 4.59. The van der Waals surface area contributed by atoms with Gasteiger partial charge in [-0.2, -0.15) is 16.8 Å². The first-order chi connectivity index (χ1) is 14.9. The van der Waals surface area contributed by atoms with Crippen LogP contribution in [0.2, 0.25) is 0 Å². The maximum absolute atomic E-state index is 13.0. The van der Waals surface area contributed by atoms with Crippen molar-refractivity contribution in [2.45, 2.75) is 9.79 Å². The number of nitrogens with one attached hydrogen (secondary N) is 1. The first-order valence-corrected chi connectivity index (χ1v) is 14.0. The largest absolute Gasteiger partial charge is 0.349 e. The zero-order chi connectivity index (χ0) is 25.1. The lowest BCUT2D eigenvalue weighted by atomic mass is 9.84. The van der Waals surface area contributed by atoms with E-state index in [1.807, 2.05) is 0 Å². The van der Waals surface area contributed by atoms with Crippen molar-refractivity contribution >= 4 is 52.2 Å². The van der Waals surface area contributed by atoms with Crippen LogP contribution < -0.4 is 4.13 Å². The molecular formula is C15H12N2O12S4. The summed E-state index contributed by atoms with van der Waals surface area (Å²) in [5.74, 6) is -1.84. The molecule has 14 nitrogen and oxygen atoms in total. The van der Waals surface area contributed by atoms with Crippen LogP contribution in [0.3, 0.4) is 0 Å². The van der Waals surface area contributed by atoms with Crippen molar-refractivity contribution in [2.75, 3.05) is 7.05 Å². The Morgan fingerprint density at radius 3 is 1.58 bits per heavy atom. The lowest BCUT2D eigenvalue weighted by Crippen LogP contribution is -2.33. The Morgan fingerprint density at radius 1 is 0.697 bits per heavy atom. The number of fused-ring (bicyclic) bond motifs is 2. The molecule has 0 saturated heterocycles. The lowest BCUT2D eigenvalue weighted by Gasteiger charge is -2.20. The van der Waals surface area contributed by atoms with Gasteiger partial charge in [0.2, 0.25) is 0 Å². The fourth-order valence-corrected chi connectivity index (χ4v) is 6.96. The summed E-state index contributed by atoms with van der Waals surface area (Å²) >= 11 is 0. The van der Waals surface area contributed by atoms with Gasteiger partial charge in [-0.15, -0.1) is 0 Å². The van der Waals surface area contributed by atoms with Crippen LogP contribution in [0, 0.1) is 0 Å². The van der Waals surface area contributed by atoms with Gasteiger partial charge in [0.15, 0.2) is 11.6 Å². The van der Waals surface area contributed by atoms with Crippen LogP contribution in [0.25, 0.3) is 0 Å². The molecule has 0 unspecified atom stereocenters. The summed E-state index contributed by atoms with van der Waals surface area (Å²) in [7, 11) is -19.6. The van der Waals surface area contributed by atoms with Crippen molar-refractivity contribution in [3.8, 4) is 0 Å². The molecule has 1 aliphatic rings. The fourth-order valence-electron chi connectivity index (χ4n) is 2.90. The molecular weight excluding hydrogens is 528 g/mol. The predicted octanol–water partition coefficient (Wildman–Crippen LogP) is -1.03. The number of ketones is 2. The van der Waals surface area contributed by atoms with Crippen LogP contribution in [-0.4, -0.2) is 65.1 Å². The second-order valence-corrected chi connectivity index (χ2v) is 13.2. The standard InChI is InChI=1S/C15H12N2O12S4/c1-17(33(27,28)29)31(22,23)9-3-5-11-13(7-9)15(19)12-6-8(2-4-10(12)14(11)18)30(20,21)16-32(24,25)26/h2-7,16H,1H3,(H,24,25,26)(H,27,28,29). The lowest BCUT2D eigenvalue weighted by molar-refractivity contribution is 0.0978. The van der Waals surface area contributed by atoms with E-state index in [0.717, 1.165) is 28.4 Å². The van der Waals surface area contributed by atoms with E-state index in [1.54, 1.807) is 0 Å². The van der Waals surface area contributed by atoms with Gasteiger partial charge in [0.1, 0.15) is 0 Å². The molecule has 0 saturated carbocycles. The van der Waals surface area contributed by atoms with Gasteiger partial charge in [-0.3, -0.25) is 18.7 Å². The van der Waals surface area contributed by atoms with Crippen molar-refractivity contribution in [3.63, 3.8) is 0 Å². The number of rotatable bonds is 6. The molecule has 0 fully saturated rings. The Balaban J connectivity index is 2.17. The van der Waals surface area contributed by atoms with Crippen molar-refractivity contribution in [3.05, 3.63) is 58.7 Å². The van der Waals surface area contributed by atoms with Gasteiger partial charge in [0, 0.05) is 29.3 Å². The molecule has 0 heterocycles. The normalized spacial score (nSPS) is 14.8. The van der Waals surface area contributed by atoms with Crippen molar-refractivity contribution in [1.82, 2.24) is 7.84 Å². The number of nitrogens with zero attached hydrogens (tertiary/aromatic N) is 1. The Bertz CT molecular complexity index is 1660. The van der Waals surface area contributed by atoms with Crippen molar-refractivity contribution in [2.24, 2.45) is 0 Å². The maximum atomic E-state index is 13.0. The molecule has 3 N–H and O–H groups in total. The summed E-state index contributed by atoms with van der Waals surface area (Å²) < 4.78 is 112. The van der Waals surface area contributed by atoms with E-state index in [1.165, 1.54) is 0 Å². The van der Waals surface area contributed by atoms with Crippen molar-refractivity contribution < 1.29 is 52.4 Å². The van der Waals surface area contributed by atoms with E-state index in [9.17, 15) is 43.3 Å². The molecule has 18 heteroatoms. The molecule has 3 rings (SSSR count). The third-order valence-corrected chi connectivity index (χ3v) is 10.4. The smallest absolute Gasteiger partial charge is 0.289 e. The summed E-state index contributed by atoms with van der Waals surface area (Å²) in [6.07, 6.45) is 0. The number of sulfonamides is 2. The summed E-state index contributed by atoms with van der Waals surface area (Å²) in [5.41, 5.74) is -1.59. The summed E-state index contributed by atoms with van der Waals surface area (Å²) in [4.78, 5) is 24.1. The number of hydrogen-bond donors (Lipinski definition) is 3. The van der Waals surface area contributed by atoms with Gasteiger partial charge in [-0.05, 0) is 36.4 Å². The molecule has 178 valence electrons. The molecule has 0 aromatic heterocycles. The average Bonchev–Trinajstić information content (AvgIpc) is 2.68. The monoisotopic (exact) mass is 540 g/mol. The first-order valence-electron chi connectivity index (χ1n) is 8.21. The highest BCUT2D eigenvalue weighted by atomic mass is 32.3. The minimum atomic E-state index is -5.20. The highest BCUT2D eigenvalue weighted by Gasteiger charge is 2.35. The molecule has 0 atom stereocenters. The zero-order valence-corrected chi connectivity index (χ0v) is 19.3. The SMILES string of the molecule is CN(S(=O)(=O)O)S(=O)(=O)c1ccc2c(c1)C(=O)c1cc(S(=O)(=O)NS(=O)(=O)O)ccc1C2=O. The van der Waals surface area contributed by atoms with Gasteiger partial charge in [-0.1, -0.05) is 7.84 Å². The van der Waals surface area contributed by atoms with Crippen LogP contribution in [0.5, 0.6) is 0 Å². The Hall–Kier alpha value is -2.58. The molecule has 0 aliphatic heterocycles. The second kappa shape index (κ2) is 7.74. The van der Waals surface area contributed by atoms with Crippen LogP contribution in [0.15, 0.2) is 46.2 Å². The highest BCUT2D eigenvalue weighted by molar-refractivity contribution is 8.02. The predicted molar refractivity (Wildman–Crippen MR) is 108 cm³/mol. The average molecular weight is 541 g/mol. The van der Waals surface area contributed by atoms with E-state index in [-0.39, 0.29) is 14.8 Å². The Labute approximate surface area is 187 Å². The van der Waals surface area contributed by atoms with Gasteiger partial charge in [0.05, 0.1) is 9.79 Å². The van der Waals surface area contributed by atoms with Crippen LogP contribution in [0.4, 0.5) is 0 Å². The van der Waals surface area contributed by atoms with Gasteiger partial charge in [-0.25, -0.2) is 16.8 Å². The molecule has 0 bridgehead atoms. The number of hydrogen-bond acceptors (Lipinski definition) is 10. The first kappa shape index (κ1) is 25.1. The molecule has 1 aliphatic carbocycles. The molecule has 0 radical (unpaired) electrons. The minimum absolute atomic E-state index is 0.271. The van der Waals surface area contributed by atoms with Crippen LogP contribution >= 0.6 is 0 Å². The number of carbonyl (C=O) groups is 2. The summed E-state index contributed by atoms with van der Waals surface area (Å²) in [5, 5.41) is 0. The molecule has 0 spiro atoms. The maximum Gasteiger partial charge on any atom is 0.349 e. The van der Waals surface area contributed by atoms with E-state index < -0.39 is 73.1 Å². The van der Waals surface area contributed by atoms with E-state index in [2.05, 4.69) is 0 Å². The minimum Gasteiger partial charge on any atom is -0.289 e. The van der Waals surface area contributed by atoms with Crippen LogP contribution in [0.1, 0.15) is 31.8 Å². The quantitative estimate of drug-likeness (QED) is 0.319. The van der Waals surface area contributed by atoms with Crippen molar-refractivity contribution in [1.29, 1.82) is 0 Å². The Kier molecular flexibility index (Phi) is 5.87. The van der Waals surface area contributed by atoms with E-state index >= 15 is 0 Å². The highest BCUT2D eigenvalue weighted by Crippen LogP contribution is 2.31. The van der Waals surface area contributed by atoms with Crippen LogP contribution in [-0.2, 0) is 40.7 Å². The van der Waals surface area contributed by atoms with E-state index in [4.69, 9.17) is 9.11 Å². The number of benzene rings is 2. The summed E-state index contributed by atoms with van der Waals surface area (Å²) in [6, 6.07) is 4.83. The second-order valence-electron chi connectivity index (χ2n) is 6.50. The van der Waals surface area contributed by atoms with Gasteiger partial charge in [0.25, 0.3) is 20.0 Å². The van der Waals surface area contributed by atoms with Gasteiger partial charge < -0.3 is 0 Å². The molecule has 2 aromatic carbocycles. The zero-order valence-electron chi connectivity index (χ0n) is 16.0. The Morgan fingerprint density at radius 2 is 1.12 bits per heavy atom. The third-order valence-electron chi connectivity index (χ3n) is 4.45. The van der Waals surface area contributed by atoms with Gasteiger partial charge >= 0.3 is 20.6 Å². The number of carbonyl (C=O) groups excluding carboxylic acids is 2.